The highest BCUT2D eigenvalue weighted by Crippen LogP contribution is 2.24. The molecule has 3 N–H and O–H groups in total. The summed E-state index contributed by atoms with van der Waals surface area (Å²) in [6, 6.07) is 10.7. The van der Waals surface area contributed by atoms with E-state index in [2.05, 4.69) is 16.0 Å². The molecule has 3 unspecified atom stereocenters. The van der Waals surface area contributed by atoms with Crippen LogP contribution in [0.15, 0.2) is 54.6 Å². The van der Waals surface area contributed by atoms with Gasteiger partial charge in [0.1, 0.15) is 34.9 Å². The monoisotopic (exact) mass is 597 g/mol. The lowest BCUT2D eigenvalue weighted by molar-refractivity contribution is 0.0254. The van der Waals surface area contributed by atoms with E-state index < -0.39 is 34.9 Å². The van der Waals surface area contributed by atoms with Crippen LogP contribution in [-0.2, 0) is 14.2 Å². The number of hydrogen-bond donors (Lipinski definition) is 3. The number of nitrogens with one attached hydrogen (secondary N) is 3. The zero-order valence-corrected chi connectivity index (χ0v) is 22.8. The van der Waals surface area contributed by atoms with E-state index in [1.165, 1.54) is 36.4 Å². The van der Waals surface area contributed by atoms with Crippen molar-refractivity contribution in [3.8, 4) is 0 Å². The van der Waals surface area contributed by atoms with E-state index in [0.717, 1.165) is 37.8 Å². The Morgan fingerprint density at radius 2 is 0.738 bits per heavy atom. The van der Waals surface area contributed by atoms with E-state index in [4.69, 9.17) is 14.2 Å². The van der Waals surface area contributed by atoms with Gasteiger partial charge in [-0.25, -0.2) is 26.3 Å². The van der Waals surface area contributed by atoms with Gasteiger partial charge in [0.15, 0.2) is 0 Å². The van der Waals surface area contributed by atoms with Crippen LogP contribution in [0.3, 0.4) is 0 Å². The highest BCUT2D eigenvalue weighted by Gasteiger charge is 2.21. The molecule has 0 spiro atoms. The van der Waals surface area contributed by atoms with Crippen molar-refractivity contribution < 1.29 is 40.6 Å². The second-order valence-electron chi connectivity index (χ2n) is 9.69. The van der Waals surface area contributed by atoms with Crippen molar-refractivity contribution in [2.75, 3.05) is 59.1 Å². The maximum absolute atomic E-state index is 13.3. The van der Waals surface area contributed by atoms with Crippen LogP contribution in [0.4, 0.5) is 26.3 Å². The zero-order valence-electron chi connectivity index (χ0n) is 22.8. The van der Waals surface area contributed by atoms with Crippen LogP contribution in [0.1, 0.15) is 35.0 Å². The third-order valence-electron chi connectivity index (χ3n) is 6.71. The average molecular weight is 598 g/mol. The predicted molar refractivity (Wildman–Crippen MR) is 144 cm³/mol. The first kappa shape index (κ1) is 31.9. The number of benzene rings is 3. The molecule has 0 amide bonds. The molecule has 0 radical (unpaired) electrons. The number of rotatable bonds is 3. The maximum Gasteiger partial charge on any atom is 0.131 e. The predicted octanol–water partition coefficient (Wildman–Crippen LogP) is 4.88. The first-order valence-electron chi connectivity index (χ1n) is 13.6. The summed E-state index contributed by atoms with van der Waals surface area (Å²) < 4.78 is 93.8. The van der Waals surface area contributed by atoms with Crippen molar-refractivity contribution in [1.82, 2.24) is 16.0 Å². The van der Waals surface area contributed by atoms with E-state index in [9.17, 15) is 26.3 Å². The van der Waals surface area contributed by atoms with Gasteiger partial charge in [-0.15, -0.1) is 0 Å². The SMILES string of the molecule is Fc1ccc(C2CNCCO2)c(F)c1.Fc1ccc(C2CNCCO2)c(F)c1.Fc1ccc(C2CNCCO2)c(F)c1. The quantitative estimate of drug-likeness (QED) is 0.375. The third-order valence-corrected chi connectivity index (χ3v) is 6.71. The first-order valence-corrected chi connectivity index (χ1v) is 13.6. The van der Waals surface area contributed by atoms with Crippen molar-refractivity contribution >= 4 is 0 Å². The molecule has 6 nitrogen and oxygen atoms in total. The average Bonchev–Trinajstić information content (AvgIpc) is 2.99. The second-order valence-corrected chi connectivity index (χ2v) is 9.69. The fourth-order valence-electron chi connectivity index (χ4n) is 4.58. The Kier molecular flexibility index (Phi) is 12.2. The minimum Gasteiger partial charge on any atom is -0.371 e. The lowest BCUT2D eigenvalue weighted by Crippen LogP contribution is -2.33. The molecule has 3 aliphatic heterocycles. The summed E-state index contributed by atoms with van der Waals surface area (Å²) in [5.41, 5.74) is 1.25. The highest BCUT2D eigenvalue weighted by atomic mass is 19.2. The maximum atomic E-state index is 13.3. The van der Waals surface area contributed by atoms with Gasteiger partial charge in [0, 0.05) is 74.2 Å². The summed E-state index contributed by atoms with van der Waals surface area (Å²) in [5, 5.41) is 9.27. The van der Waals surface area contributed by atoms with Crippen LogP contribution in [-0.4, -0.2) is 59.1 Å². The molecule has 0 aliphatic carbocycles. The zero-order chi connectivity index (χ0) is 29.9. The van der Waals surface area contributed by atoms with Crippen LogP contribution < -0.4 is 16.0 Å². The van der Waals surface area contributed by atoms with Crippen LogP contribution in [0.2, 0.25) is 0 Å². The molecule has 3 aliphatic rings. The number of halogens is 6. The van der Waals surface area contributed by atoms with Gasteiger partial charge in [0.25, 0.3) is 0 Å². The van der Waals surface area contributed by atoms with Gasteiger partial charge in [-0.3, -0.25) is 0 Å². The molecule has 3 fully saturated rings. The van der Waals surface area contributed by atoms with Crippen LogP contribution in [0.25, 0.3) is 0 Å². The minimum absolute atomic E-state index is 0.302. The van der Waals surface area contributed by atoms with Gasteiger partial charge in [0.2, 0.25) is 0 Å². The van der Waals surface area contributed by atoms with Crippen LogP contribution >= 0.6 is 0 Å². The smallest absolute Gasteiger partial charge is 0.131 e. The fraction of sp³-hybridized carbons (Fsp3) is 0.400. The lowest BCUT2D eigenvalue weighted by atomic mass is 10.1. The summed E-state index contributed by atoms with van der Waals surface area (Å²) in [6.07, 6.45) is -0.905. The fourth-order valence-corrected chi connectivity index (χ4v) is 4.58. The molecule has 0 saturated carbocycles. The summed E-state index contributed by atoms with van der Waals surface area (Å²) >= 11 is 0. The van der Waals surface area contributed by atoms with Crippen molar-refractivity contribution in [3.05, 3.63) is 106 Å². The van der Waals surface area contributed by atoms with Gasteiger partial charge in [-0.2, -0.15) is 0 Å². The van der Waals surface area contributed by atoms with Gasteiger partial charge < -0.3 is 30.2 Å². The third kappa shape index (κ3) is 9.25. The van der Waals surface area contributed by atoms with Crippen molar-refractivity contribution in [2.45, 2.75) is 18.3 Å². The van der Waals surface area contributed by atoms with E-state index in [0.29, 0.717) is 56.1 Å². The summed E-state index contributed by atoms with van der Waals surface area (Å²) in [5.74, 6) is -3.31. The molecule has 3 aromatic rings. The Labute approximate surface area is 240 Å². The molecular formula is C30H33F6N3O3. The van der Waals surface area contributed by atoms with E-state index in [1.54, 1.807) is 0 Å². The Morgan fingerprint density at radius 3 is 0.952 bits per heavy atom. The Balaban J connectivity index is 0.000000145. The molecule has 0 bridgehead atoms. The summed E-state index contributed by atoms with van der Waals surface area (Å²) in [7, 11) is 0. The molecule has 42 heavy (non-hydrogen) atoms. The number of ether oxygens (including phenoxy) is 3. The van der Waals surface area contributed by atoms with E-state index in [-0.39, 0.29) is 18.3 Å². The largest absolute Gasteiger partial charge is 0.371 e. The molecule has 228 valence electrons. The van der Waals surface area contributed by atoms with Gasteiger partial charge in [0.05, 0.1) is 38.1 Å². The standard InChI is InChI=1S/3C10H11F2NO/c3*11-7-1-2-8(9(12)5-7)10-6-13-3-4-14-10/h3*1-2,5,10,13H,3-4,6H2. The molecular weight excluding hydrogens is 564 g/mol. The minimum atomic E-state index is -0.560. The molecule has 3 heterocycles. The normalized spacial score (nSPS) is 22.3. The number of morpholine rings is 3. The summed E-state index contributed by atoms with van der Waals surface area (Å²) in [6.45, 7) is 5.72. The molecule has 3 saturated heterocycles. The summed E-state index contributed by atoms with van der Waals surface area (Å²) in [4.78, 5) is 0. The molecule has 12 heteroatoms. The van der Waals surface area contributed by atoms with E-state index >= 15 is 0 Å². The topological polar surface area (TPSA) is 63.8 Å². The van der Waals surface area contributed by atoms with E-state index in [1.807, 2.05) is 0 Å². The van der Waals surface area contributed by atoms with Gasteiger partial charge in [-0.1, -0.05) is 18.2 Å². The molecule has 3 aromatic carbocycles. The van der Waals surface area contributed by atoms with Gasteiger partial charge in [-0.05, 0) is 18.2 Å². The Morgan fingerprint density at radius 1 is 0.452 bits per heavy atom. The van der Waals surface area contributed by atoms with Crippen LogP contribution in [0.5, 0.6) is 0 Å². The molecule has 0 aromatic heterocycles. The van der Waals surface area contributed by atoms with Crippen molar-refractivity contribution in [1.29, 1.82) is 0 Å². The second kappa shape index (κ2) is 16.0. The lowest BCUT2D eigenvalue weighted by Gasteiger charge is -2.24. The highest BCUT2D eigenvalue weighted by molar-refractivity contribution is 5.23. The van der Waals surface area contributed by atoms with Crippen molar-refractivity contribution in [3.63, 3.8) is 0 Å². The Hall–Kier alpha value is -3.00. The molecule has 6 rings (SSSR count). The first-order chi connectivity index (χ1) is 20.3. The van der Waals surface area contributed by atoms with Gasteiger partial charge >= 0.3 is 0 Å². The van der Waals surface area contributed by atoms with Crippen molar-refractivity contribution in [2.24, 2.45) is 0 Å². The number of hydrogen-bond acceptors (Lipinski definition) is 6. The Bertz CT molecular complexity index is 1130. The van der Waals surface area contributed by atoms with Crippen LogP contribution in [0, 0.1) is 34.9 Å². The molecule has 3 atom stereocenters.